The molecule has 1 fully saturated rings. The zero-order chi connectivity index (χ0) is 22.1. The highest BCUT2D eigenvalue weighted by Crippen LogP contribution is 2.43. The number of fused-ring (bicyclic) bond motifs is 1. The van der Waals surface area contributed by atoms with Crippen LogP contribution in [0.4, 0.5) is 0 Å². The van der Waals surface area contributed by atoms with E-state index in [0.717, 1.165) is 25.2 Å². The van der Waals surface area contributed by atoms with Crippen molar-refractivity contribution in [2.45, 2.75) is 12.1 Å². The lowest BCUT2D eigenvalue weighted by atomic mass is 9.82. The molecule has 0 radical (unpaired) electrons. The summed E-state index contributed by atoms with van der Waals surface area (Å²) in [6.07, 6.45) is 3.61. The third kappa shape index (κ3) is 3.23. The van der Waals surface area contributed by atoms with Gasteiger partial charge in [0.2, 0.25) is 0 Å². The summed E-state index contributed by atoms with van der Waals surface area (Å²) in [5.41, 5.74) is 1.53. The van der Waals surface area contributed by atoms with Gasteiger partial charge in [0.05, 0.1) is 7.11 Å². The fraction of sp³-hybridized carbons (Fsp3) is 0.269. The number of ketones is 2. The Kier molecular flexibility index (Phi) is 5.33. The molecule has 2 aromatic carbocycles. The van der Waals surface area contributed by atoms with E-state index in [1.165, 1.54) is 5.56 Å². The number of rotatable bonds is 5. The van der Waals surface area contributed by atoms with Crippen molar-refractivity contribution in [3.05, 3.63) is 95.3 Å². The molecular formula is C26H25N3O3. The van der Waals surface area contributed by atoms with Gasteiger partial charge in [-0.15, -0.1) is 0 Å². The molecule has 0 spiro atoms. The molecule has 6 heteroatoms. The number of aromatic nitrogens is 1. The molecular weight excluding hydrogens is 402 g/mol. The van der Waals surface area contributed by atoms with E-state index in [1.54, 1.807) is 37.7 Å². The van der Waals surface area contributed by atoms with Gasteiger partial charge in [0.25, 0.3) is 0 Å². The quantitative estimate of drug-likeness (QED) is 0.583. The third-order valence-corrected chi connectivity index (χ3v) is 6.57. The second kappa shape index (κ2) is 8.30. The van der Waals surface area contributed by atoms with Crippen LogP contribution in [0.2, 0.25) is 0 Å². The molecule has 0 saturated carbocycles. The van der Waals surface area contributed by atoms with Crippen LogP contribution in [-0.2, 0) is 12.1 Å². The first-order valence-corrected chi connectivity index (χ1v) is 10.8. The van der Waals surface area contributed by atoms with E-state index in [9.17, 15) is 9.59 Å². The molecule has 0 amide bonds. The van der Waals surface area contributed by atoms with E-state index >= 15 is 0 Å². The summed E-state index contributed by atoms with van der Waals surface area (Å²) in [4.78, 5) is 36.3. The molecule has 0 N–H and O–H groups in total. The fourth-order valence-corrected chi connectivity index (χ4v) is 4.93. The van der Waals surface area contributed by atoms with Crippen LogP contribution < -0.4 is 4.74 Å². The number of methoxy groups -OCH3 is 1. The molecule has 1 aromatic heterocycles. The summed E-state index contributed by atoms with van der Waals surface area (Å²) in [6, 6.07) is 18.7. The summed E-state index contributed by atoms with van der Waals surface area (Å²) in [7, 11) is 1.56. The highest BCUT2D eigenvalue weighted by Gasteiger charge is 2.58. The van der Waals surface area contributed by atoms with Crippen molar-refractivity contribution in [2.75, 3.05) is 33.3 Å². The van der Waals surface area contributed by atoms with Crippen LogP contribution in [0.15, 0.2) is 73.1 Å². The van der Waals surface area contributed by atoms with Gasteiger partial charge in [-0.1, -0.05) is 30.3 Å². The van der Waals surface area contributed by atoms with Gasteiger partial charge in [-0.05, 0) is 41.5 Å². The van der Waals surface area contributed by atoms with Crippen molar-refractivity contribution in [1.82, 2.24) is 14.8 Å². The predicted octanol–water partition coefficient (Wildman–Crippen LogP) is 3.18. The molecule has 1 aliphatic carbocycles. The number of carbonyl (C=O) groups excluding carboxylic acids is 2. The Morgan fingerprint density at radius 1 is 0.875 bits per heavy atom. The molecule has 5 rings (SSSR count). The van der Waals surface area contributed by atoms with E-state index in [1.807, 2.05) is 42.5 Å². The van der Waals surface area contributed by atoms with Crippen LogP contribution in [-0.4, -0.2) is 59.6 Å². The van der Waals surface area contributed by atoms with Crippen molar-refractivity contribution >= 4 is 11.6 Å². The van der Waals surface area contributed by atoms with E-state index in [2.05, 4.69) is 14.8 Å². The second-order valence-electron chi connectivity index (χ2n) is 8.26. The molecule has 32 heavy (non-hydrogen) atoms. The van der Waals surface area contributed by atoms with E-state index in [0.29, 0.717) is 30.0 Å². The number of carbonyl (C=O) groups is 2. The lowest BCUT2D eigenvalue weighted by molar-refractivity contribution is 0.0279. The summed E-state index contributed by atoms with van der Waals surface area (Å²) in [6.45, 7) is 3.63. The van der Waals surface area contributed by atoms with Crippen LogP contribution >= 0.6 is 0 Å². The van der Waals surface area contributed by atoms with E-state index < -0.39 is 5.54 Å². The third-order valence-electron chi connectivity index (χ3n) is 6.57. The van der Waals surface area contributed by atoms with Gasteiger partial charge in [-0.2, -0.15) is 0 Å². The van der Waals surface area contributed by atoms with Crippen LogP contribution in [0.5, 0.6) is 5.75 Å². The maximum Gasteiger partial charge on any atom is 0.196 e. The van der Waals surface area contributed by atoms with Gasteiger partial charge in [-0.25, -0.2) is 0 Å². The number of Topliss-reactive ketones (excluding diaryl/α,β-unsaturated/α-hetero) is 2. The topological polar surface area (TPSA) is 62.7 Å². The number of hydrogen-bond donors (Lipinski definition) is 0. The van der Waals surface area contributed by atoms with E-state index in [4.69, 9.17) is 4.74 Å². The van der Waals surface area contributed by atoms with Crippen LogP contribution in [0.3, 0.4) is 0 Å². The second-order valence-corrected chi connectivity index (χ2v) is 8.26. The summed E-state index contributed by atoms with van der Waals surface area (Å²) in [5, 5.41) is 0. The largest absolute Gasteiger partial charge is 0.497 e. The molecule has 6 nitrogen and oxygen atoms in total. The molecule has 1 atom stereocenters. The van der Waals surface area contributed by atoms with Crippen molar-refractivity contribution in [2.24, 2.45) is 0 Å². The molecule has 0 bridgehead atoms. The van der Waals surface area contributed by atoms with Gasteiger partial charge in [0.15, 0.2) is 17.1 Å². The standard InChI is InChI=1S/C26H25N3O3/c1-32-21-7-8-22-23(17-21)25(31)26(24(22)30,20-5-3-2-4-6-20)29-15-13-28(14-16-29)18-19-9-11-27-12-10-19/h2-12,17H,13-16,18H2,1H3. The van der Waals surface area contributed by atoms with Crippen LogP contribution in [0, 0.1) is 0 Å². The Balaban J connectivity index is 1.48. The molecule has 1 unspecified atom stereocenters. The number of nitrogens with zero attached hydrogens (tertiary/aromatic N) is 3. The molecule has 1 saturated heterocycles. The lowest BCUT2D eigenvalue weighted by Gasteiger charge is -2.44. The normalized spacial score (nSPS) is 21.5. The SMILES string of the molecule is COc1ccc2c(c1)C(=O)C(c1ccccc1)(N1CCN(Cc3ccncc3)CC1)C2=O. The van der Waals surface area contributed by atoms with Gasteiger partial charge < -0.3 is 4.74 Å². The Morgan fingerprint density at radius 3 is 2.25 bits per heavy atom. The molecule has 2 aliphatic rings. The number of piperazine rings is 1. The average molecular weight is 428 g/mol. The minimum Gasteiger partial charge on any atom is -0.497 e. The van der Waals surface area contributed by atoms with E-state index in [-0.39, 0.29) is 11.6 Å². The minimum absolute atomic E-state index is 0.145. The van der Waals surface area contributed by atoms with Crippen LogP contribution in [0.25, 0.3) is 0 Å². The number of hydrogen-bond acceptors (Lipinski definition) is 6. The molecule has 3 aromatic rings. The Labute approximate surface area is 187 Å². The van der Waals surface area contributed by atoms with Gasteiger partial charge >= 0.3 is 0 Å². The zero-order valence-corrected chi connectivity index (χ0v) is 18.0. The number of ether oxygens (including phenoxy) is 1. The van der Waals surface area contributed by atoms with Gasteiger partial charge in [0, 0.05) is 56.2 Å². The number of pyridine rings is 1. The Bertz CT molecular complexity index is 1140. The molecule has 2 heterocycles. The zero-order valence-electron chi connectivity index (χ0n) is 18.0. The van der Waals surface area contributed by atoms with Crippen molar-refractivity contribution < 1.29 is 14.3 Å². The Hall–Kier alpha value is -3.35. The summed E-state index contributed by atoms with van der Waals surface area (Å²) in [5.74, 6) is 0.273. The van der Waals surface area contributed by atoms with Crippen molar-refractivity contribution in [3.8, 4) is 5.75 Å². The smallest absolute Gasteiger partial charge is 0.196 e. The monoisotopic (exact) mass is 427 g/mol. The van der Waals surface area contributed by atoms with Crippen LogP contribution in [0.1, 0.15) is 31.8 Å². The minimum atomic E-state index is -1.32. The molecule has 1 aliphatic heterocycles. The first-order chi connectivity index (χ1) is 15.6. The molecule has 162 valence electrons. The highest BCUT2D eigenvalue weighted by molar-refractivity contribution is 6.33. The Morgan fingerprint density at radius 2 is 1.56 bits per heavy atom. The highest BCUT2D eigenvalue weighted by atomic mass is 16.5. The van der Waals surface area contributed by atoms with Crippen molar-refractivity contribution in [3.63, 3.8) is 0 Å². The maximum absolute atomic E-state index is 13.9. The fourth-order valence-electron chi connectivity index (χ4n) is 4.93. The average Bonchev–Trinajstić information content (AvgIpc) is 3.07. The first kappa shape index (κ1) is 20.5. The maximum atomic E-state index is 13.9. The van der Waals surface area contributed by atoms with Gasteiger partial charge in [-0.3, -0.25) is 24.4 Å². The first-order valence-electron chi connectivity index (χ1n) is 10.8. The predicted molar refractivity (Wildman–Crippen MR) is 121 cm³/mol. The summed E-state index contributed by atoms with van der Waals surface area (Å²) >= 11 is 0. The van der Waals surface area contributed by atoms with Gasteiger partial charge in [0.1, 0.15) is 5.75 Å². The number of benzene rings is 2. The lowest BCUT2D eigenvalue weighted by Crippen LogP contribution is -2.60. The summed E-state index contributed by atoms with van der Waals surface area (Å²) < 4.78 is 5.32. The van der Waals surface area contributed by atoms with Crippen molar-refractivity contribution in [1.29, 1.82) is 0 Å².